The van der Waals surface area contributed by atoms with Crippen LogP contribution < -0.4 is 4.74 Å². The molecule has 0 atom stereocenters. The van der Waals surface area contributed by atoms with Gasteiger partial charge in [0.2, 0.25) is 0 Å². The molecule has 3 nitrogen and oxygen atoms in total. The van der Waals surface area contributed by atoms with Crippen LogP contribution >= 0.6 is 11.6 Å². The Hall–Kier alpha value is -1.55. The molecule has 0 aliphatic heterocycles. The molecular weight excluding hydrogens is 255 g/mol. The Morgan fingerprint density at radius 1 is 1.44 bits per heavy atom. The van der Waals surface area contributed by atoms with Crippen LogP contribution in [-0.4, -0.2) is 9.55 Å². The Labute approximate surface area is 110 Å². The van der Waals surface area contributed by atoms with Gasteiger partial charge in [0.05, 0.1) is 23.2 Å². The molecule has 0 saturated heterocycles. The smallest absolute Gasteiger partial charge is 0.145 e. The number of ether oxygens (including phenoxy) is 1. The van der Waals surface area contributed by atoms with Crippen molar-refractivity contribution in [1.29, 1.82) is 0 Å². The summed E-state index contributed by atoms with van der Waals surface area (Å²) in [6.45, 7) is 4.47. The van der Waals surface area contributed by atoms with E-state index in [0.717, 1.165) is 5.69 Å². The molecule has 2 aromatic rings. The molecule has 2 rings (SSSR count). The lowest BCUT2D eigenvalue weighted by Crippen LogP contribution is -2.07. The zero-order chi connectivity index (χ0) is 13.1. The van der Waals surface area contributed by atoms with Gasteiger partial charge in [-0.05, 0) is 26.0 Å². The van der Waals surface area contributed by atoms with Gasteiger partial charge in [0.15, 0.2) is 0 Å². The fourth-order valence-electron chi connectivity index (χ4n) is 1.63. The predicted octanol–water partition coefficient (Wildman–Crippen LogP) is 3.84. The van der Waals surface area contributed by atoms with Crippen molar-refractivity contribution in [3.63, 3.8) is 0 Å². The molecule has 1 aromatic carbocycles. The molecule has 0 aliphatic carbocycles. The first-order valence-electron chi connectivity index (χ1n) is 5.66. The summed E-state index contributed by atoms with van der Waals surface area (Å²) in [7, 11) is 0. The number of nitrogens with zero attached hydrogens (tertiary/aromatic N) is 2. The molecule has 5 heteroatoms. The van der Waals surface area contributed by atoms with E-state index in [4.69, 9.17) is 16.3 Å². The number of benzene rings is 1. The quantitative estimate of drug-likeness (QED) is 0.842. The minimum absolute atomic E-state index is 0.0922. The average molecular weight is 269 g/mol. The maximum atomic E-state index is 13.2. The van der Waals surface area contributed by atoms with Crippen LogP contribution in [0.15, 0.2) is 30.7 Å². The fraction of sp³-hybridized carbons (Fsp3) is 0.308. The van der Waals surface area contributed by atoms with Crippen LogP contribution in [-0.2, 0) is 6.61 Å². The Bertz CT molecular complexity index is 540. The third-order valence-corrected chi connectivity index (χ3v) is 2.89. The van der Waals surface area contributed by atoms with Crippen LogP contribution in [0.3, 0.4) is 0 Å². The van der Waals surface area contributed by atoms with E-state index in [1.54, 1.807) is 18.6 Å². The van der Waals surface area contributed by atoms with Crippen molar-refractivity contribution in [3.8, 4) is 5.75 Å². The third-order valence-electron chi connectivity index (χ3n) is 2.58. The summed E-state index contributed by atoms with van der Waals surface area (Å²) in [5, 5.41) is 0.0922. The van der Waals surface area contributed by atoms with Gasteiger partial charge in [-0.25, -0.2) is 9.37 Å². The number of hydrogen-bond acceptors (Lipinski definition) is 2. The second kappa shape index (κ2) is 5.40. The molecule has 1 heterocycles. The van der Waals surface area contributed by atoms with Gasteiger partial charge in [-0.3, -0.25) is 0 Å². The summed E-state index contributed by atoms with van der Waals surface area (Å²) < 4.78 is 20.7. The maximum absolute atomic E-state index is 13.2. The number of imidazole rings is 1. The Kier molecular flexibility index (Phi) is 3.87. The molecule has 0 aliphatic rings. The van der Waals surface area contributed by atoms with Gasteiger partial charge in [-0.2, -0.15) is 0 Å². The molecular formula is C13H14ClFN2O. The van der Waals surface area contributed by atoms with Crippen molar-refractivity contribution in [2.24, 2.45) is 0 Å². The molecule has 18 heavy (non-hydrogen) atoms. The van der Waals surface area contributed by atoms with Crippen molar-refractivity contribution in [1.82, 2.24) is 9.55 Å². The first-order valence-corrected chi connectivity index (χ1v) is 6.04. The summed E-state index contributed by atoms with van der Waals surface area (Å²) in [6, 6.07) is 4.71. The highest BCUT2D eigenvalue weighted by Gasteiger charge is 2.07. The summed E-state index contributed by atoms with van der Waals surface area (Å²) in [6.07, 6.45) is 3.50. The van der Waals surface area contributed by atoms with Crippen LogP contribution in [0, 0.1) is 5.82 Å². The summed E-state index contributed by atoms with van der Waals surface area (Å²) in [5.41, 5.74) is 0.945. The van der Waals surface area contributed by atoms with Crippen molar-refractivity contribution in [2.75, 3.05) is 0 Å². The van der Waals surface area contributed by atoms with Gasteiger partial charge < -0.3 is 9.30 Å². The van der Waals surface area contributed by atoms with E-state index in [-0.39, 0.29) is 5.02 Å². The summed E-state index contributed by atoms with van der Waals surface area (Å²) in [4.78, 5) is 4.08. The zero-order valence-corrected chi connectivity index (χ0v) is 11.0. The largest absolute Gasteiger partial charge is 0.487 e. The lowest BCUT2D eigenvalue weighted by Gasteiger charge is -2.12. The van der Waals surface area contributed by atoms with Crippen molar-refractivity contribution < 1.29 is 9.13 Å². The number of hydrogen-bond donors (Lipinski definition) is 0. The molecule has 0 radical (unpaired) electrons. The molecule has 0 bridgehead atoms. The van der Waals surface area contributed by atoms with Crippen LogP contribution in [0.2, 0.25) is 5.02 Å². The second-order valence-corrected chi connectivity index (χ2v) is 4.66. The van der Waals surface area contributed by atoms with E-state index in [1.165, 1.54) is 12.1 Å². The van der Waals surface area contributed by atoms with Crippen LogP contribution in [0.4, 0.5) is 4.39 Å². The Balaban J connectivity index is 2.07. The molecule has 0 spiro atoms. The molecule has 96 valence electrons. The highest BCUT2D eigenvalue weighted by atomic mass is 35.5. The second-order valence-electron chi connectivity index (χ2n) is 4.25. The van der Waals surface area contributed by atoms with Gasteiger partial charge in [0.1, 0.15) is 18.2 Å². The topological polar surface area (TPSA) is 27.1 Å². The molecule has 0 N–H and O–H groups in total. The van der Waals surface area contributed by atoms with E-state index in [0.29, 0.717) is 18.4 Å². The highest BCUT2D eigenvalue weighted by molar-refractivity contribution is 6.30. The van der Waals surface area contributed by atoms with Gasteiger partial charge in [-0.15, -0.1) is 0 Å². The van der Waals surface area contributed by atoms with E-state index >= 15 is 0 Å². The van der Waals surface area contributed by atoms with E-state index < -0.39 is 5.82 Å². The minimum Gasteiger partial charge on any atom is -0.487 e. The van der Waals surface area contributed by atoms with Gasteiger partial charge in [0.25, 0.3) is 0 Å². The monoisotopic (exact) mass is 268 g/mol. The lowest BCUT2D eigenvalue weighted by molar-refractivity contribution is 0.290. The van der Waals surface area contributed by atoms with E-state index in [1.807, 2.05) is 4.57 Å². The lowest BCUT2D eigenvalue weighted by atomic mass is 10.3. The number of halogens is 2. The molecule has 1 aromatic heterocycles. The SMILES string of the molecule is CC(C)n1cncc1COc1ccc(Cl)c(F)c1. The fourth-order valence-corrected chi connectivity index (χ4v) is 1.75. The summed E-state index contributed by atoms with van der Waals surface area (Å²) in [5.74, 6) is -0.0278. The van der Waals surface area contributed by atoms with Gasteiger partial charge in [-0.1, -0.05) is 11.6 Å². The Morgan fingerprint density at radius 3 is 2.89 bits per heavy atom. The van der Waals surface area contributed by atoms with E-state index in [9.17, 15) is 4.39 Å². The number of rotatable bonds is 4. The Morgan fingerprint density at radius 2 is 2.22 bits per heavy atom. The highest BCUT2D eigenvalue weighted by Crippen LogP contribution is 2.21. The average Bonchev–Trinajstić information content (AvgIpc) is 2.79. The van der Waals surface area contributed by atoms with Crippen LogP contribution in [0.5, 0.6) is 5.75 Å². The van der Waals surface area contributed by atoms with Crippen LogP contribution in [0.25, 0.3) is 0 Å². The van der Waals surface area contributed by atoms with E-state index in [2.05, 4.69) is 18.8 Å². The van der Waals surface area contributed by atoms with Gasteiger partial charge in [0, 0.05) is 12.1 Å². The van der Waals surface area contributed by atoms with Crippen LogP contribution in [0.1, 0.15) is 25.6 Å². The molecule has 0 saturated carbocycles. The van der Waals surface area contributed by atoms with Crippen molar-refractivity contribution in [2.45, 2.75) is 26.5 Å². The van der Waals surface area contributed by atoms with Gasteiger partial charge >= 0.3 is 0 Å². The summed E-state index contributed by atoms with van der Waals surface area (Å²) >= 11 is 5.60. The maximum Gasteiger partial charge on any atom is 0.145 e. The number of aromatic nitrogens is 2. The molecule has 0 fully saturated rings. The first kappa shape index (κ1) is 12.9. The van der Waals surface area contributed by atoms with Crippen molar-refractivity contribution >= 4 is 11.6 Å². The molecule has 0 amide bonds. The minimum atomic E-state index is -0.480. The predicted molar refractivity (Wildman–Crippen MR) is 68.4 cm³/mol. The standard InChI is InChI=1S/C13H14ClFN2O/c1-9(2)17-8-16-6-10(17)7-18-11-3-4-12(14)13(15)5-11/h3-6,8-9H,7H2,1-2H3. The first-order chi connectivity index (χ1) is 8.58. The third kappa shape index (κ3) is 2.82. The molecule has 0 unspecified atom stereocenters. The normalized spacial score (nSPS) is 10.9. The van der Waals surface area contributed by atoms with Crippen molar-refractivity contribution in [3.05, 3.63) is 47.3 Å². The zero-order valence-electron chi connectivity index (χ0n) is 10.2.